The summed E-state index contributed by atoms with van der Waals surface area (Å²) in [5, 5.41) is 2.75. The summed E-state index contributed by atoms with van der Waals surface area (Å²) >= 11 is 1.73. The molecule has 1 aliphatic rings. The van der Waals surface area contributed by atoms with E-state index in [9.17, 15) is 9.59 Å². The summed E-state index contributed by atoms with van der Waals surface area (Å²) in [6.45, 7) is 5.83. The first-order chi connectivity index (χ1) is 13.0. The fraction of sp³-hybridized carbons (Fsp3) is 0.333. The highest BCUT2D eigenvalue weighted by molar-refractivity contribution is 7.99. The Bertz CT molecular complexity index is 792. The first-order valence-corrected chi connectivity index (χ1v) is 9.90. The standard InChI is InChI=1S/C21H24N2O3S/c1-14(2)22-21(25)15(3)26-20(24)12-13-23-16-8-4-6-10-18(16)27-19-11-7-5-9-17(19)23/h4-11,14-15H,12-13H2,1-3H3,(H,22,25). The van der Waals surface area contributed by atoms with Crippen LogP contribution in [0.3, 0.4) is 0 Å². The van der Waals surface area contributed by atoms with Gasteiger partial charge in [0, 0.05) is 22.4 Å². The van der Waals surface area contributed by atoms with Crippen molar-refractivity contribution in [3.8, 4) is 0 Å². The van der Waals surface area contributed by atoms with Crippen LogP contribution >= 0.6 is 11.8 Å². The zero-order chi connectivity index (χ0) is 19.4. The molecule has 0 radical (unpaired) electrons. The molecule has 1 unspecified atom stereocenters. The van der Waals surface area contributed by atoms with Gasteiger partial charge in [-0.2, -0.15) is 0 Å². The van der Waals surface area contributed by atoms with Gasteiger partial charge in [0.2, 0.25) is 0 Å². The van der Waals surface area contributed by atoms with E-state index < -0.39 is 6.10 Å². The number of rotatable bonds is 6. The van der Waals surface area contributed by atoms with Crippen LogP contribution in [-0.2, 0) is 14.3 Å². The van der Waals surface area contributed by atoms with Crippen molar-refractivity contribution in [1.82, 2.24) is 5.32 Å². The van der Waals surface area contributed by atoms with E-state index in [-0.39, 0.29) is 24.3 Å². The number of benzene rings is 2. The van der Waals surface area contributed by atoms with Crippen molar-refractivity contribution in [1.29, 1.82) is 0 Å². The number of para-hydroxylation sites is 2. The van der Waals surface area contributed by atoms with Gasteiger partial charge in [-0.25, -0.2) is 0 Å². The molecule has 0 aromatic heterocycles. The molecule has 1 aliphatic heterocycles. The Labute approximate surface area is 164 Å². The molecule has 1 N–H and O–H groups in total. The van der Waals surface area contributed by atoms with Crippen LogP contribution < -0.4 is 10.2 Å². The van der Waals surface area contributed by atoms with Crippen LogP contribution in [0.4, 0.5) is 11.4 Å². The molecule has 1 amide bonds. The first kappa shape index (κ1) is 19.3. The van der Waals surface area contributed by atoms with Crippen molar-refractivity contribution in [2.45, 2.75) is 49.1 Å². The Morgan fingerprint density at radius 1 is 1.00 bits per heavy atom. The Morgan fingerprint density at radius 2 is 1.56 bits per heavy atom. The molecule has 6 heteroatoms. The fourth-order valence-corrected chi connectivity index (χ4v) is 4.03. The Morgan fingerprint density at radius 3 is 2.11 bits per heavy atom. The van der Waals surface area contributed by atoms with Crippen LogP contribution in [0.15, 0.2) is 58.3 Å². The van der Waals surface area contributed by atoms with E-state index in [1.807, 2.05) is 38.1 Å². The number of fused-ring (bicyclic) bond motifs is 2. The van der Waals surface area contributed by atoms with Crippen LogP contribution in [0.2, 0.25) is 0 Å². The van der Waals surface area contributed by atoms with Crippen molar-refractivity contribution in [3.05, 3.63) is 48.5 Å². The topological polar surface area (TPSA) is 58.6 Å². The lowest BCUT2D eigenvalue weighted by molar-refractivity contribution is -0.154. The van der Waals surface area contributed by atoms with Crippen LogP contribution in [0.1, 0.15) is 27.2 Å². The SMILES string of the molecule is CC(C)NC(=O)C(C)OC(=O)CCN1c2ccccc2Sc2ccccc21. The molecule has 1 heterocycles. The van der Waals surface area contributed by atoms with Gasteiger partial charge in [0.15, 0.2) is 6.10 Å². The molecule has 0 bridgehead atoms. The van der Waals surface area contributed by atoms with Crippen LogP contribution in [0.25, 0.3) is 0 Å². The number of esters is 1. The number of ether oxygens (including phenoxy) is 1. The van der Waals surface area contributed by atoms with Crippen LogP contribution in [-0.4, -0.2) is 30.6 Å². The van der Waals surface area contributed by atoms with Gasteiger partial charge in [-0.1, -0.05) is 36.0 Å². The summed E-state index contributed by atoms with van der Waals surface area (Å²) in [5.41, 5.74) is 2.17. The summed E-state index contributed by atoms with van der Waals surface area (Å²) < 4.78 is 5.30. The molecule has 27 heavy (non-hydrogen) atoms. The second-order valence-electron chi connectivity index (χ2n) is 6.73. The Balaban J connectivity index is 1.67. The second kappa shape index (κ2) is 8.48. The van der Waals surface area contributed by atoms with Gasteiger partial charge in [-0.15, -0.1) is 0 Å². The monoisotopic (exact) mass is 384 g/mol. The highest BCUT2D eigenvalue weighted by Gasteiger charge is 2.24. The largest absolute Gasteiger partial charge is 0.452 e. The molecule has 0 saturated heterocycles. The minimum atomic E-state index is -0.795. The smallest absolute Gasteiger partial charge is 0.308 e. The number of nitrogens with zero attached hydrogens (tertiary/aromatic N) is 1. The van der Waals surface area contributed by atoms with Gasteiger partial charge in [0.25, 0.3) is 5.91 Å². The van der Waals surface area contributed by atoms with E-state index in [0.717, 1.165) is 21.2 Å². The van der Waals surface area contributed by atoms with Gasteiger partial charge in [-0.05, 0) is 45.0 Å². The molecule has 5 nitrogen and oxygen atoms in total. The number of carbonyl (C=O) groups excluding carboxylic acids is 2. The van der Waals surface area contributed by atoms with Crippen LogP contribution in [0, 0.1) is 0 Å². The summed E-state index contributed by atoms with van der Waals surface area (Å²) in [6, 6.07) is 16.3. The van der Waals surface area contributed by atoms with E-state index in [2.05, 4.69) is 34.5 Å². The number of hydrogen-bond acceptors (Lipinski definition) is 5. The molecule has 0 aliphatic carbocycles. The summed E-state index contributed by atoms with van der Waals surface area (Å²) in [5.74, 6) is -0.655. The van der Waals surface area contributed by atoms with Gasteiger partial charge in [0.05, 0.1) is 17.8 Å². The molecule has 2 aromatic carbocycles. The highest BCUT2D eigenvalue weighted by Crippen LogP contribution is 2.47. The van der Waals surface area contributed by atoms with Crippen molar-refractivity contribution < 1.29 is 14.3 Å². The van der Waals surface area contributed by atoms with Gasteiger partial charge < -0.3 is 15.0 Å². The van der Waals surface area contributed by atoms with E-state index in [0.29, 0.717) is 6.54 Å². The minimum absolute atomic E-state index is 0.0116. The molecule has 3 rings (SSSR count). The maximum Gasteiger partial charge on any atom is 0.308 e. The zero-order valence-corrected chi connectivity index (χ0v) is 16.6. The number of anilines is 2. The molecular formula is C21H24N2O3S. The lowest BCUT2D eigenvalue weighted by atomic mass is 10.2. The van der Waals surface area contributed by atoms with Crippen molar-refractivity contribution in [2.24, 2.45) is 0 Å². The maximum atomic E-state index is 12.3. The molecule has 142 valence electrons. The Kier molecular flexibility index (Phi) is 6.06. The lowest BCUT2D eigenvalue weighted by Gasteiger charge is -2.32. The van der Waals surface area contributed by atoms with Gasteiger partial charge in [0.1, 0.15) is 0 Å². The second-order valence-corrected chi connectivity index (χ2v) is 7.82. The van der Waals surface area contributed by atoms with E-state index in [1.165, 1.54) is 0 Å². The van der Waals surface area contributed by atoms with E-state index >= 15 is 0 Å². The van der Waals surface area contributed by atoms with Gasteiger partial charge >= 0.3 is 5.97 Å². The maximum absolute atomic E-state index is 12.3. The zero-order valence-electron chi connectivity index (χ0n) is 15.8. The summed E-state index contributed by atoms with van der Waals surface area (Å²) in [4.78, 5) is 28.7. The fourth-order valence-electron chi connectivity index (χ4n) is 2.94. The third-order valence-corrected chi connectivity index (χ3v) is 5.31. The number of hydrogen-bond donors (Lipinski definition) is 1. The third-order valence-electron chi connectivity index (χ3n) is 4.18. The number of nitrogens with one attached hydrogen (secondary N) is 1. The van der Waals surface area contributed by atoms with Crippen LogP contribution in [0.5, 0.6) is 0 Å². The molecule has 0 spiro atoms. The molecule has 1 atom stereocenters. The minimum Gasteiger partial charge on any atom is -0.452 e. The molecule has 0 saturated carbocycles. The predicted octanol–water partition coefficient (Wildman–Crippen LogP) is 4.14. The lowest BCUT2D eigenvalue weighted by Crippen LogP contribution is -2.39. The number of carbonyl (C=O) groups is 2. The first-order valence-electron chi connectivity index (χ1n) is 9.09. The van der Waals surface area contributed by atoms with E-state index in [1.54, 1.807) is 18.7 Å². The quantitative estimate of drug-likeness (QED) is 0.759. The van der Waals surface area contributed by atoms with Crippen molar-refractivity contribution in [2.75, 3.05) is 11.4 Å². The highest BCUT2D eigenvalue weighted by atomic mass is 32.2. The predicted molar refractivity (Wildman–Crippen MR) is 107 cm³/mol. The molecule has 2 aromatic rings. The Hall–Kier alpha value is -2.47. The average Bonchev–Trinajstić information content (AvgIpc) is 2.64. The summed E-state index contributed by atoms with van der Waals surface area (Å²) in [7, 11) is 0. The van der Waals surface area contributed by atoms with Crippen molar-refractivity contribution in [3.63, 3.8) is 0 Å². The summed E-state index contributed by atoms with van der Waals surface area (Å²) in [6.07, 6.45) is -0.594. The average molecular weight is 385 g/mol. The molecular weight excluding hydrogens is 360 g/mol. The molecule has 0 fully saturated rings. The third kappa shape index (κ3) is 4.63. The van der Waals surface area contributed by atoms with Gasteiger partial charge in [-0.3, -0.25) is 9.59 Å². The number of amides is 1. The van der Waals surface area contributed by atoms with E-state index in [4.69, 9.17) is 4.74 Å². The normalized spacial score (nSPS) is 13.6. The van der Waals surface area contributed by atoms with Crippen molar-refractivity contribution >= 4 is 35.0 Å².